The third-order valence-electron chi connectivity index (χ3n) is 4.46. The van der Waals surface area contributed by atoms with Crippen LogP contribution in [-0.2, 0) is 6.54 Å². The number of para-hydroxylation sites is 1. The summed E-state index contributed by atoms with van der Waals surface area (Å²) in [7, 11) is 0. The molecule has 1 aliphatic rings. The standard InChI is InChI=1S/C17H20N6/c1-2-4-16(5-3-1)23-19-12-15(21-23)13-22-10-7-14(8-11-22)17-6-9-18-20-17/h1-6,9,12,14H,7-8,10-11,13H2,(H,18,20). The van der Waals surface area contributed by atoms with Crippen molar-refractivity contribution in [3.63, 3.8) is 0 Å². The van der Waals surface area contributed by atoms with E-state index in [1.54, 1.807) is 4.80 Å². The normalized spacial score (nSPS) is 16.7. The van der Waals surface area contributed by atoms with Crippen molar-refractivity contribution in [3.8, 4) is 5.69 Å². The second-order valence-electron chi connectivity index (χ2n) is 6.02. The van der Waals surface area contributed by atoms with E-state index in [0.717, 1.165) is 43.9 Å². The summed E-state index contributed by atoms with van der Waals surface area (Å²) in [5.41, 5.74) is 3.28. The van der Waals surface area contributed by atoms with Crippen molar-refractivity contribution in [2.45, 2.75) is 25.3 Å². The highest BCUT2D eigenvalue weighted by Crippen LogP contribution is 2.26. The van der Waals surface area contributed by atoms with E-state index in [-0.39, 0.29) is 0 Å². The predicted octanol–water partition coefficient (Wildman–Crippen LogP) is 2.37. The molecule has 4 rings (SSSR count). The summed E-state index contributed by atoms with van der Waals surface area (Å²) in [4.78, 5) is 4.15. The Morgan fingerprint density at radius 1 is 1.09 bits per heavy atom. The van der Waals surface area contributed by atoms with E-state index in [1.807, 2.05) is 42.7 Å². The van der Waals surface area contributed by atoms with Gasteiger partial charge in [0.25, 0.3) is 0 Å². The van der Waals surface area contributed by atoms with Gasteiger partial charge in [0.1, 0.15) is 0 Å². The Balaban J connectivity index is 1.36. The first-order chi connectivity index (χ1) is 11.4. The van der Waals surface area contributed by atoms with Crippen LogP contribution in [0.25, 0.3) is 5.69 Å². The Hall–Kier alpha value is -2.47. The van der Waals surface area contributed by atoms with Gasteiger partial charge in [0.2, 0.25) is 0 Å². The van der Waals surface area contributed by atoms with Crippen LogP contribution >= 0.6 is 0 Å². The van der Waals surface area contributed by atoms with Crippen LogP contribution in [0.15, 0.2) is 48.8 Å². The maximum atomic E-state index is 4.59. The molecule has 6 nitrogen and oxygen atoms in total. The van der Waals surface area contributed by atoms with Gasteiger partial charge in [0, 0.05) is 24.4 Å². The summed E-state index contributed by atoms with van der Waals surface area (Å²) in [5, 5.41) is 16.1. The first-order valence-corrected chi connectivity index (χ1v) is 8.07. The second-order valence-corrected chi connectivity index (χ2v) is 6.02. The number of nitrogens with zero attached hydrogens (tertiary/aromatic N) is 5. The maximum absolute atomic E-state index is 4.59. The fourth-order valence-electron chi connectivity index (χ4n) is 3.18. The average Bonchev–Trinajstić information content (AvgIpc) is 3.28. The zero-order chi connectivity index (χ0) is 15.5. The number of benzene rings is 1. The number of aromatic amines is 1. The lowest BCUT2D eigenvalue weighted by Crippen LogP contribution is -2.32. The van der Waals surface area contributed by atoms with Crippen molar-refractivity contribution in [3.05, 3.63) is 60.2 Å². The molecule has 3 aromatic rings. The highest BCUT2D eigenvalue weighted by atomic mass is 15.5. The van der Waals surface area contributed by atoms with Gasteiger partial charge in [-0.05, 0) is 44.1 Å². The number of nitrogens with one attached hydrogen (secondary N) is 1. The van der Waals surface area contributed by atoms with Crippen molar-refractivity contribution < 1.29 is 0 Å². The molecule has 1 fully saturated rings. The summed E-state index contributed by atoms with van der Waals surface area (Å²) in [6.07, 6.45) is 6.03. The van der Waals surface area contributed by atoms with Crippen LogP contribution < -0.4 is 0 Å². The second kappa shape index (κ2) is 6.34. The summed E-state index contributed by atoms with van der Waals surface area (Å²) < 4.78 is 0. The number of hydrogen-bond donors (Lipinski definition) is 1. The van der Waals surface area contributed by atoms with Crippen molar-refractivity contribution >= 4 is 0 Å². The molecule has 3 heterocycles. The number of aromatic nitrogens is 5. The summed E-state index contributed by atoms with van der Waals surface area (Å²) in [6.45, 7) is 3.03. The monoisotopic (exact) mass is 308 g/mol. The molecule has 6 heteroatoms. The minimum absolute atomic E-state index is 0.605. The van der Waals surface area contributed by atoms with E-state index in [0.29, 0.717) is 5.92 Å². The SMILES string of the molecule is c1ccc(-n2ncc(CN3CCC(c4ccn[nH]4)CC3)n2)cc1. The molecule has 0 unspecified atom stereocenters. The molecule has 0 bridgehead atoms. The van der Waals surface area contributed by atoms with Gasteiger partial charge >= 0.3 is 0 Å². The van der Waals surface area contributed by atoms with Gasteiger partial charge in [-0.25, -0.2) is 0 Å². The van der Waals surface area contributed by atoms with Crippen molar-refractivity contribution in [1.29, 1.82) is 0 Å². The summed E-state index contributed by atoms with van der Waals surface area (Å²) in [5.74, 6) is 0.605. The molecule has 0 saturated carbocycles. The van der Waals surface area contributed by atoms with Gasteiger partial charge < -0.3 is 0 Å². The minimum Gasteiger partial charge on any atom is -0.297 e. The molecular formula is C17H20N6. The minimum atomic E-state index is 0.605. The molecule has 0 amide bonds. The lowest BCUT2D eigenvalue weighted by molar-refractivity contribution is 0.201. The van der Waals surface area contributed by atoms with Crippen LogP contribution in [0.4, 0.5) is 0 Å². The molecule has 0 radical (unpaired) electrons. The van der Waals surface area contributed by atoms with E-state index < -0.39 is 0 Å². The van der Waals surface area contributed by atoms with E-state index >= 15 is 0 Å². The van der Waals surface area contributed by atoms with E-state index in [4.69, 9.17) is 0 Å². The number of rotatable bonds is 4. The van der Waals surface area contributed by atoms with E-state index in [1.165, 1.54) is 5.69 Å². The Morgan fingerprint density at radius 2 is 1.91 bits per heavy atom. The van der Waals surface area contributed by atoms with Crippen LogP contribution in [-0.4, -0.2) is 43.2 Å². The number of hydrogen-bond acceptors (Lipinski definition) is 4. The van der Waals surface area contributed by atoms with Crippen molar-refractivity contribution in [1.82, 2.24) is 30.1 Å². The maximum Gasteiger partial charge on any atom is 0.0971 e. The quantitative estimate of drug-likeness (QED) is 0.804. The molecule has 1 saturated heterocycles. The third kappa shape index (κ3) is 3.17. The topological polar surface area (TPSA) is 62.6 Å². The Bertz CT molecular complexity index is 726. The smallest absolute Gasteiger partial charge is 0.0971 e. The van der Waals surface area contributed by atoms with Crippen LogP contribution in [0.3, 0.4) is 0 Å². The Kier molecular flexibility index (Phi) is 3.90. The average molecular weight is 308 g/mol. The molecule has 1 aliphatic heterocycles. The van der Waals surface area contributed by atoms with Gasteiger partial charge in [-0.3, -0.25) is 10.00 Å². The molecule has 0 aliphatic carbocycles. The Morgan fingerprint density at radius 3 is 2.65 bits per heavy atom. The summed E-state index contributed by atoms with van der Waals surface area (Å²) >= 11 is 0. The number of likely N-dealkylation sites (tertiary alicyclic amines) is 1. The van der Waals surface area contributed by atoms with Gasteiger partial charge in [-0.2, -0.15) is 20.1 Å². The molecular weight excluding hydrogens is 288 g/mol. The van der Waals surface area contributed by atoms with Crippen molar-refractivity contribution in [2.24, 2.45) is 0 Å². The first kappa shape index (κ1) is 14.1. The highest BCUT2D eigenvalue weighted by molar-refractivity contribution is 5.28. The van der Waals surface area contributed by atoms with Gasteiger partial charge in [0.05, 0.1) is 17.6 Å². The largest absolute Gasteiger partial charge is 0.297 e. The predicted molar refractivity (Wildman–Crippen MR) is 87.2 cm³/mol. The highest BCUT2D eigenvalue weighted by Gasteiger charge is 2.22. The summed E-state index contributed by atoms with van der Waals surface area (Å²) in [6, 6.07) is 12.1. The molecule has 118 valence electrons. The first-order valence-electron chi connectivity index (χ1n) is 8.07. The number of piperidine rings is 1. The molecule has 1 aromatic carbocycles. The van der Waals surface area contributed by atoms with Gasteiger partial charge in [-0.1, -0.05) is 18.2 Å². The van der Waals surface area contributed by atoms with Crippen LogP contribution in [0, 0.1) is 0 Å². The Labute approximate surface area is 135 Å². The molecule has 1 N–H and O–H groups in total. The third-order valence-corrected chi connectivity index (χ3v) is 4.46. The van der Waals surface area contributed by atoms with Gasteiger partial charge in [-0.15, -0.1) is 0 Å². The number of H-pyrrole nitrogens is 1. The molecule has 2 aromatic heterocycles. The van der Waals surface area contributed by atoms with Crippen LogP contribution in [0.1, 0.15) is 30.1 Å². The molecule has 0 spiro atoms. The van der Waals surface area contributed by atoms with E-state index in [9.17, 15) is 0 Å². The molecule has 23 heavy (non-hydrogen) atoms. The zero-order valence-corrected chi connectivity index (χ0v) is 13.0. The van der Waals surface area contributed by atoms with Gasteiger partial charge in [0.15, 0.2) is 0 Å². The fourth-order valence-corrected chi connectivity index (χ4v) is 3.18. The lowest BCUT2D eigenvalue weighted by atomic mass is 9.94. The molecule has 0 atom stereocenters. The van der Waals surface area contributed by atoms with E-state index in [2.05, 4.69) is 31.4 Å². The van der Waals surface area contributed by atoms with Crippen molar-refractivity contribution in [2.75, 3.05) is 13.1 Å². The zero-order valence-electron chi connectivity index (χ0n) is 13.0. The van der Waals surface area contributed by atoms with Crippen LogP contribution in [0.2, 0.25) is 0 Å². The fraction of sp³-hybridized carbons (Fsp3) is 0.353. The lowest BCUT2D eigenvalue weighted by Gasteiger charge is -2.30. The van der Waals surface area contributed by atoms with Crippen LogP contribution in [0.5, 0.6) is 0 Å².